The lowest BCUT2D eigenvalue weighted by molar-refractivity contribution is -0.00515. The largest absolute Gasteiger partial charge is 0.486 e. The summed E-state index contributed by atoms with van der Waals surface area (Å²) in [6, 6.07) is 4.97. The molecule has 1 aromatic carbocycles. The first-order valence-electron chi connectivity index (χ1n) is 11.7. The highest BCUT2D eigenvalue weighted by Gasteiger charge is 2.42. The van der Waals surface area contributed by atoms with Crippen LogP contribution in [0.2, 0.25) is 0 Å². The molecule has 196 valence electrons. The summed E-state index contributed by atoms with van der Waals surface area (Å²) >= 11 is 0. The average Bonchev–Trinajstić information content (AvgIpc) is 2.75. The molecule has 0 atom stereocenters. The van der Waals surface area contributed by atoms with Crippen molar-refractivity contribution in [2.24, 2.45) is 5.16 Å². The number of anilines is 1. The second-order valence-electron chi connectivity index (χ2n) is 9.98. The smallest absolute Gasteiger partial charge is 0.407 e. The Morgan fingerprint density at radius 3 is 2.60 bits per heavy atom. The van der Waals surface area contributed by atoms with Crippen LogP contribution in [-0.4, -0.2) is 87.2 Å². The standard InChI is InChI=1S/C23H36N4O7S/c1-22(2,3)34-21(28)24-9-13-32-14-12-27-10-7-23(8-11-27)16-19(25-29)18-15-17(26-35(4,30)31)5-6-20(18)33-23/h5-6,15,26,29H,7-14,16H2,1-4H3,(H,24,28)/b25-19-. The number of nitrogens with one attached hydrogen (secondary N) is 2. The molecular weight excluding hydrogens is 476 g/mol. The quantitative estimate of drug-likeness (QED) is 0.274. The molecule has 1 fully saturated rings. The minimum Gasteiger partial charge on any atom is -0.486 e. The fourth-order valence-corrected chi connectivity index (χ4v) is 4.73. The third kappa shape index (κ3) is 8.25. The van der Waals surface area contributed by atoms with Gasteiger partial charge in [-0.15, -0.1) is 0 Å². The molecule has 0 saturated carbocycles. The van der Waals surface area contributed by atoms with Crippen LogP contribution >= 0.6 is 0 Å². The molecule has 3 N–H and O–H groups in total. The summed E-state index contributed by atoms with van der Waals surface area (Å²) in [6.07, 6.45) is 2.59. The molecule has 35 heavy (non-hydrogen) atoms. The number of carbonyl (C=O) groups excluding carboxylic acids is 1. The monoisotopic (exact) mass is 512 g/mol. The van der Waals surface area contributed by atoms with Crippen molar-refractivity contribution in [3.63, 3.8) is 0 Å². The lowest BCUT2D eigenvalue weighted by Crippen LogP contribution is -2.51. The molecule has 0 aliphatic carbocycles. The van der Waals surface area contributed by atoms with Crippen LogP contribution in [0.15, 0.2) is 23.4 Å². The molecule has 1 amide bonds. The number of amides is 1. The number of hydrogen-bond acceptors (Lipinski definition) is 9. The molecule has 2 heterocycles. The molecule has 1 spiro atoms. The first-order valence-corrected chi connectivity index (χ1v) is 13.6. The van der Waals surface area contributed by atoms with Crippen molar-refractivity contribution in [2.45, 2.75) is 51.2 Å². The van der Waals surface area contributed by atoms with Gasteiger partial charge >= 0.3 is 6.09 Å². The molecular formula is C23H36N4O7S. The maximum Gasteiger partial charge on any atom is 0.407 e. The lowest BCUT2D eigenvalue weighted by atomic mass is 9.82. The molecule has 3 rings (SSSR count). The SMILES string of the molecule is CC(C)(C)OC(=O)NCCOCCN1CCC2(CC1)C/C(=N/O)c1cc(NS(C)(=O)=O)ccc1O2. The highest BCUT2D eigenvalue weighted by atomic mass is 32.2. The third-order valence-corrected chi connectivity index (χ3v) is 6.37. The van der Waals surface area contributed by atoms with Crippen molar-refractivity contribution in [1.82, 2.24) is 10.2 Å². The Morgan fingerprint density at radius 2 is 1.97 bits per heavy atom. The van der Waals surface area contributed by atoms with Crippen LogP contribution in [0.4, 0.5) is 10.5 Å². The summed E-state index contributed by atoms with van der Waals surface area (Å²) in [7, 11) is -3.42. The van der Waals surface area contributed by atoms with Gasteiger partial charge in [0, 0.05) is 56.7 Å². The van der Waals surface area contributed by atoms with Gasteiger partial charge < -0.3 is 29.6 Å². The van der Waals surface area contributed by atoms with Gasteiger partial charge in [-0.05, 0) is 39.0 Å². The molecule has 0 aromatic heterocycles. The normalized spacial score (nSPS) is 19.1. The van der Waals surface area contributed by atoms with Crippen LogP contribution in [0.3, 0.4) is 0 Å². The van der Waals surface area contributed by atoms with Crippen molar-refractivity contribution in [1.29, 1.82) is 0 Å². The summed E-state index contributed by atoms with van der Waals surface area (Å²) < 4.78 is 42.7. The molecule has 0 radical (unpaired) electrons. The third-order valence-electron chi connectivity index (χ3n) is 5.76. The summed E-state index contributed by atoms with van der Waals surface area (Å²) in [5, 5.41) is 15.8. The summed E-state index contributed by atoms with van der Waals surface area (Å²) in [5.74, 6) is 0.581. The van der Waals surface area contributed by atoms with Crippen molar-refractivity contribution in [3.05, 3.63) is 23.8 Å². The van der Waals surface area contributed by atoms with E-state index < -0.39 is 27.3 Å². The fourth-order valence-electron chi connectivity index (χ4n) is 4.18. The highest BCUT2D eigenvalue weighted by molar-refractivity contribution is 7.92. The molecule has 1 saturated heterocycles. The second-order valence-corrected chi connectivity index (χ2v) is 11.7. The van der Waals surface area contributed by atoms with Crippen molar-refractivity contribution in [2.75, 3.05) is 50.4 Å². The minimum absolute atomic E-state index is 0.385. The Balaban J connectivity index is 1.44. The number of oxime groups is 1. The summed E-state index contributed by atoms with van der Waals surface area (Å²) in [5.41, 5.74) is 0.473. The lowest BCUT2D eigenvalue weighted by Gasteiger charge is -2.44. The number of alkyl carbamates (subject to hydrolysis) is 1. The first-order chi connectivity index (χ1) is 16.4. The van der Waals surface area contributed by atoms with Gasteiger partial charge in [0.1, 0.15) is 17.0 Å². The van der Waals surface area contributed by atoms with E-state index >= 15 is 0 Å². The number of nitrogens with zero attached hydrogens (tertiary/aromatic N) is 2. The van der Waals surface area contributed by atoms with E-state index in [9.17, 15) is 18.4 Å². The number of likely N-dealkylation sites (tertiary alicyclic amines) is 1. The van der Waals surface area contributed by atoms with E-state index in [2.05, 4.69) is 20.1 Å². The Kier molecular flexibility index (Phi) is 8.50. The van der Waals surface area contributed by atoms with Crippen LogP contribution in [0.25, 0.3) is 0 Å². The van der Waals surface area contributed by atoms with Crippen molar-refractivity contribution < 1.29 is 32.6 Å². The number of sulfonamides is 1. The van der Waals surface area contributed by atoms with Gasteiger partial charge in [-0.3, -0.25) is 4.72 Å². The van der Waals surface area contributed by atoms with Gasteiger partial charge in [-0.1, -0.05) is 5.16 Å². The van der Waals surface area contributed by atoms with E-state index in [1.165, 1.54) is 0 Å². The molecule has 1 aromatic rings. The topological polar surface area (TPSA) is 139 Å². The van der Waals surface area contributed by atoms with E-state index in [0.29, 0.717) is 48.9 Å². The minimum atomic E-state index is -3.42. The molecule has 12 heteroatoms. The number of ether oxygens (including phenoxy) is 3. The zero-order valence-electron chi connectivity index (χ0n) is 20.8. The van der Waals surface area contributed by atoms with Crippen LogP contribution in [0.5, 0.6) is 5.75 Å². The van der Waals surface area contributed by atoms with Crippen LogP contribution in [0, 0.1) is 0 Å². The number of fused-ring (bicyclic) bond motifs is 1. The van der Waals surface area contributed by atoms with Gasteiger partial charge in [-0.2, -0.15) is 0 Å². The zero-order chi connectivity index (χ0) is 25.7. The average molecular weight is 513 g/mol. The Hall–Kier alpha value is -2.57. The second kappa shape index (κ2) is 11.0. The predicted molar refractivity (Wildman–Crippen MR) is 132 cm³/mol. The Bertz CT molecular complexity index is 1030. The van der Waals surface area contributed by atoms with Gasteiger partial charge in [-0.25, -0.2) is 13.2 Å². The first kappa shape index (κ1) is 27.0. The number of hydrogen-bond donors (Lipinski definition) is 3. The van der Waals surface area contributed by atoms with E-state index in [1.54, 1.807) is 18.2 Å². The Labute approximate surface area is 206 Å². The molecule has 2 aliphatic rings. The van der Waals surface area contributed by atoms with Crippen LogP contribution in [0.1, 0.15) is 45.6 Å². The van der Waals surface area contributed by atoms with E-state index in [1.807, 2.05) is 20.8 Å². The number of piperidine rings is 1. The molecule has 0 bridgehead atoms. The maximum absolute atomic E-state index is 11.6. The molecule has 0 unspecified atom stereocenters. The highest BCUT2D eigenvalue weighted by Crippen LogP contribution is 2.40. The van der Waals surface area contributed by atoms with Gasteiger partial charge in [0.2, 0.25) is 10.0 Å². The zero-order valence-corrected chi connectivity index (χ0v) is 21.6. The Morgan fingerprint density at radius 1 is 1.26 bits per heavy atom. The predicted octanol–water partition coefficient (Wildman–Crippen LogP) is 2.39. The van der Waals surface area contributed by atoms with Crippen LogP contribution in [-0.2, 0) is 19.5 Å². The molecule has 11 nitrogen and oxygen atoms in total. The summed E-state index contributed by atoms with van der Waals surface area (Å²) in [4.78, 5) is 13.9. The maximum atomic E-state index is 11.6. The van der Waals surface area contributed by atoms with Crippen molar-refractivity contribution >= 4 is 27.5 Å². The van der Waals surface area contributed by atoms with E-state index in [4.69, 9.17) is 14.2 Å². The summed E-state index contributed by atoms with van der Waals surface area (Å²) in [6.45, 7) is 9.16. The number of rotatable bonds is 8. The number of carbonyl (C=O) groups is 1. The fraction of sp³-hybridized carbons (Fsp3) is 0.652. The van der Waals surface area contributed by atoms with E-state index in [-0.39, 0.29) is 0 Å². The van der Waals surface area contributed by atoms with Crippen molar-refractivity contribution in [3.8, 4) is 5.75 Å². The molecule has 2 aliphatic heterocycles. The number of benzene rings is 1. The van der Waals surface area contributed by atoms with Gasteiger partial charge in [0.15, 0.2) is 0 Å². The van der Waals surface area contributed by atoms with Gasteiger partial charge in [0.25, 0.3) is 0 Å². The van der Waals surface area contributed by atoms with Gasteiger partial charge in [0.05, 0.1) is 25.2 Å². The van der Waals surface area contributed by atoms with E-state index in [0.717, 1.165) is 38.7 Å². The van der Waals surface area contributed by atoms with Crippen LogP contribution < -0.4 is 14.8 Å².